The van der Waals surface area contributed by atoms with Gasteiger partial charge in [-0.1, -0.05) is 26.0 Å². The Morgan fingerprint density at radius 2 is 1.85 bits per heavy atom. The maximum absolute atomic E-state index is 14.4. The summed E-state index contributed by atoms with van der Waals surface area (Å²) in [7, 11) is -1.39. The van der Waals surface area contributed by atoms with Gasteiger partial charge in [0.2, 0.25) is 27.7 Å². The van der Waals surface area contributed by atoms with Crippen molar-refractivity contribution in [3.8, 4) is 17.4 Å². The predicted molar refractivity (Wildman–Crippen MR) is 190 cm³/mol. The smallest absolute Gasteiger partial charge is 0.405 e. The van der Waals surface area contributed by atoms with E-state index in [2.05, 4.69) is 15.6 Å². The minimum atomic E-state index is -4.39. The summed E-state index contributed by atoms with van der Waals surface area (Å²) < 4.78 is 57.6. The van der Waals surface area contributed by atoms with Crippen LogP contribution in [0.1, 0.15) is 58.8 Å². The lowest BCUT2D eigenvalue weighted by atomic mass is 9.88. The molecule has 4 N–H and O–H groups in total. The number of alkyl halides is 1. The third kappa shape index (κ3) is 7.44. The molecule has 17 heteroatoms. The van der Waals surface area contributed by atoms with Crippen LogP contribution >= 0.6 is 0 Å². The molecule has 15 nitrogen and oxygen atoms in total. The molecule has 2 unspecified atom stereocenters. The van der Waals surface area contributed by atoms with Crippen molar-refractivity contribution in [1.82, 2.24) is 25.2 Å². The summed E-state index contributed by atoms with van der Waals surface area (Å²) in [5.74, 6) is -2.19. The van der Waals surface area contributed by atoms with Crippen LogP contribution in [0.5, 0.6) is 17.4 Å². The van der Waals surface area contributed by atoms with Gasteiger partial charge >= 0.3 is 6.09 Å². The van der Waals surface area contributed by atoms with E-state index in [1.165, 1.54) is 25.3 Å². The fourth-order valence-corrected chi connectivity index (χ4v) is 9.03. The highest BCUT2D eigenvalue weighted by Crippen LogP contribution is 2.48. The van der Waals surface area contributed by atoms with Crippen LogP contribution < -0.4 is 29.6 Å². The molecule has 288 valence electrons. The van der Waals surface area contributed by atoms with Crippen LogP contribution in [0.4, 0.5) is 9.18 Å². The normalized spacial score (nSPS) is 30.4. The highest BCUT2D eigenvalue weighted by atomic mass is 32.2. The van der Waals surface area contributed by atoms with Gasteiger partial charge in [-0.25, -0.2) is 22.6 Å². The van der Waals surface area contributed by atoms with Crippen molar-refractivity contribution < 1.29 is 51.3 Å². The summed E-state index contributed by atoms with van der Waals surface area (Å²) in [6.45, 7) is 2.51. The third-order valence-corrected chi connectivity index (χ3v) is 13.2. The zero-order valence-electron chi connectivity index (χ0n) is 30.1. The molecule has 2 aliphatic heterocycles. The fraction of sp³-hybridized carbons (Fsp3) is 0.583. The topological polar surface area (TPSA) is 203 Å². The first kappa shape index (κ1) is 38.1. The molecule has 1 aromatic carbocycles. The number of allylic oxidation sites excluding steroid dienone is 1. The van der Waals surface area contributed by atoms with E-state index in [0.717, 1.165) is 5.39 Å². The number of ether oxygens (including phenoxy) is 3. The minimum Gasteiger partial charge on any atom is -0.493 e. The van der Waals surface area contributed by atoms with Crippen LogP contribution in [0.2, 0.25) is 0 Å². The molecular formula is C36H46FN5O10S. The molecule has 2 aromatic rings. The zero-order chi connectivity index (χ0) is 38.3. The van der Waals surface area contributed by atoms with Crippen molar-refractivity contribution in [2.45, 2.75) is 87.3 Å². The van der Waals surface area contributed by atoms with E-state index < -0.39 is 80.8 Å². The fourth-order valence-electron chi connectivity index (χ4n) is 7.61. The van der Waals surface area contributed by atoms with E-state index in [4.69, 9.17) is 14.2 Å². The van der Waals surface area contributed by atoms with Gasteiger partial charge in [-0.2, -0.15) is 0 Å². The molecule has 0 spiro atoms. The van der Waals surface area contributed by atoms with Crippen molar-refractivity contribution >= 4 is 44.6 Å². The number of amides is 4. The first-order valence-corrected chi connectivity index (χ1v) is 19.2. The lowest BCUT2D eigenvalue weighted by Crippen LogP contribution is -2.59. The zero-order valence-corrected chi connectivity index (χ0v) is 30.9. The lowest BCUT2D eigenvalue weighted by Gasteiger charge is -2.32. The average molecular weight is 760 g/mol. The number of nitrogens with one attached hydrogen (secondary N) is 3. The van der Waals surface area contributed by atoms with Crippen molar-refractivity contribution in [2.75, 3.05) is 27.4 Å². The third-order valence-electron chi connectivity index (χ3n) is 11.1. The van der Waals surface area contributed by atoms with Gasteiger partial charge in [0.15, 0.2) is 11.5 Å². The standard InChI is InChI=1S/C36H46FN5O10S/c1-20-7-5-6-8-23-17-36(23,33(45)41-53(48,49)35(19-37)10-11-35)40-30(43)26-15-24(18-42(26)32(44)29(21(2)13-20)39-34(46)47)52-31-25-16-28(51-4)27(50-3)14-22(25)9-12-38-31/h6,8-9,12,14,16,20-21,23-24,26,29,39H,5,7,10-11,13,15,17-19H2,1-4H3,(H,40,43)(H,41,45)(H,46,47)/b8-6-/t20-,21-,23?,24-,26+,29+,36?/m1/s1. The Bertz CT molecular complexity index is 1920. The van der Waals surface area contributed by atoms with Gasteiger partial charge < -0.3 is 34.9 Å². The first-order valence-electron chi connectivity index (χ1n) is 17.8. The molecule has 0 bridgehead atoms. The maximum atomic E-state index is 14.4. The molecular weight excluding hydrogens is 713 g/mol. The van der Waals surface area contributed by atoms with Crippen molar-refractivity contribution in [2.24, 2.45) is 17.8 Å². The summed E-state index contributed by atoms with van der Waals surface area (Å²) in [6, 6.07) is 2.77. The van der Waals surface area contributed by atoms with Crippen LogP contribution in [0, 0.1) is 17.8 Å². The van der Waals surface area contributed by atoms with Crippen molar-refractivity contribution in [3.05, 3.63) is 36.5 Å². The monoisotopic (exact) mass is 759 g/mol. The van der Waals surface area contributed by atoms with E-state index in [0.29, 0.717) is 36.1 Å². The molecule has 0 radical (unpaired) electrons. The minimum absolute atomic E-state index is 0.0605. The van der Waals surface area contributed by atoms with Gasteiger partial charge in [-0.05, 0) is 73.9 Å². The number of benzene rings is 1. The molecule has 6 rings (SSSR count). The Morgan fingerprint density at radius 3 is 2.51 bits per heavy atom. The number of nitrogens with zero attached hydrogens (tertiary/aromatic N) is 2. The number of hydrogen-bond acceptors (Lipinski definition) is 10. The summed E-state index contributed by atoms with van der Waals surface area (Å²) in [5.41, 5.74) is -1.68. The number of halogens is 1. The molecule has 2 aliphatic carbocycles. The number of rotatable bonds is 9. The van der Waals surface area contributed by atoms with Gasteiger partial charge in [0.1, 0.15) is 35.1 Å². The van der Waals surface area contributed by atoms with Crippen molar-refractivity contribution in [3.63, 3.8) is 0 Å². The van der Waals surface area contributed by atoms with Crippen LogP contribution in [-0.4, -0.2) is 103 Å². The molecule has 53 heavy (non-hydrogen) atoms. The first-order chi connectivity index (χ1) is 25.2. The average Bonchev–Trinajstić information content (AvgIpc) is 4.02. The Hall–Kier alpha value is -4.67. The molecule has 4 amide bonds. The molecule has 1 aromatic heterocycles. The number of pyridine rings is 1. The van der Waals surface area contributed by atoms with Gasteiger partial charge in [0.25, 0.3) is 5.91 Å². The Labute approximate surface area is 307 Å². The number of sulfonamides is 1. The Morgan fingerprint density at radius 1 is 1.13 bits per heavy atom. The largest absolute Gasteiger partial charge is 0.493 e. The van der Waals surface area contributed by atoms with E-state index >= 15 is 0 Å². The molecule has 4 aliphatic rings. The van der Waals surface area contributed by atoms with Crippen molar-refractivity contribution in [1.29, 1.82) is 0 Å². The molecule has 1 saturated heterocycles. The van der Waals surface area contributed by atoms with Gasteiger partial charge in [0, 0.05) is 23.9 Å². The van der Waals surface area contributed by atoms with Gasteiger partial charge in [-0.3, -0.25) is 19.1 Å². The lowest BCUT2D eigenvalue weighted by molar-refractivity contribution is -0.142. The number of methoxy groups -OCH3 is 2. The Kier molecular flexibility index (Phi) is 10.5. The number of aromatic nitrogens is 1. The highest BCUT2D eigenvalue weighted by Gasteiger charge is 2.64. The van der Waals surface area contributed by atoms with Gasteiger partial charge in [-0.15, -0.1) is 0 Å². The Balaban J connectivity index is 1.35. The highest BCUT2D eigenvalue weighted by molar-refractivity contribution is 7.91. The van der Waals surface area contributed by atoms with Crippen LogP contribution in [0.25, 0.3) is 10.8 Å². The van der Waals surface area contributed by atoms with Crippen LogP contribution in [0.15, 0.2) is 36.5 Å². The summed E-state index contributed by atoms with van der Waals surface area (Å²) in [6.07, 6.45) is 4.94. The molecule has 7 atom stereocenters. The van der Waals surface area contributed by atoms with E-state index in [1.807, 2.05) is 17.7 Å². The van der Waals surface area contributed by atoms with Crippen LogP contribution in [-0.2, 0) is 24.4 Å². The number of carbonyl (C=O) groups excluding carboxylic acids is 3. The van der Waals surface area contributed by atoms with E-state index in [-0.39, 0.29) is 44.0 Å². The van der Waals surface area contributed by atoms with E-state index in [1.54, 1.807) is 31.2 Å². The number of carbonyl (C=O) groups is 4. The predicted octanol–water partition coefficient (Wildman–Crippen LogP) is 3.07. The number of carboxylic acid groups (broad SMARTS) is 1. The summed E-state index contributed by atoms with van der Waals surface area (Å²) in [4.78, 5) is 60.2. The maximum Gasteiger partial charge on any atom is 0.405 e. The van der Waals surface area contributed by atoms with E-state index in [9.17, 15) is 37.1 Å². The van der Waals surface area contributed by atoms with Crippen LogP contribution in [0.3, 0.4) is 0 Å². The second-order valence-corrected chi connectivity index (χ2v) is 16.9. The van der Waals surface area contributed by atoms with Gasteiger partial charge in [0.05, 0.1) is 20.8 Å². The summed E-state index contributed by atoms with van der Waals surface area (Å²) in [5, 5.41) is 16.2. The second-order valence-electron chi connectivity index (χ2n) is 14.8. The number of fused-ring (bicyclic) bond motifs is 3. The second kappa shape index (κ2) is 14.6. The summed E-state index contributed by atoms with van der Waals surface area (Å²) >= 11 is 0. The molecule has 3 heterocycles. The quantitative estimate of drug-likeness (QED) is 0.274. The molecule has 2 saturated carbocycles. The SMILES string of the molecule is COc1cc2ccnc(O[C@@H]3C[C@H]4C(=O)NC5(C(=O)NS(=O)(=O)C6(CF)CC6)CC5/C=C\CC[C@@H](C)C[C@@H](C)[C@H](NC(=O)O)C(=O)N4C3)c2cc1OC. The molecule has 3 fully saturated rings. The number of hydrogen-bond donors (Lipinski definition) is 4.